The van der Waals surface area contributed by atoms with Crippen LogP contribution in [-0.2, 0) is 9.53 Å². The quantitative estimate of drug-likeness (QED) is 0.568. The van der Waals surface area contributed by atoms with Gasteiger partial charge in [0, 0.05) is 12.6 Å². The second-order valence-corrected chi connectivity index (χ2v) is 7.84. The SMILES string of the molecule is CC(C)(C)OC(=O)N1CCCC[C@H]1[C@H](C=O)C=C1CCCCC1. The van der Waals surface area contributed by atoms with Gasteiger partial charge in [0.15, 0.2) is 0 Å². The Balaban J connectivity index is 2.11. The number of hydrogen-bond donors (Lipinski definition) is 0. The highest BCUT2D eigenvalue weighted by atomic mass is 16.6. The maximum atomic E-state index is 12.5. The van der Waals surface area contributed by atoms with E-state index in [1.165, 1.54) is 24.8 Å². The molecule has 1 aliphatic carbocycles. The van der Waals surface area contributed by atoms with Crippen LogP contribution in [0, 0.1) is 5.92 Å². The predicted molar refractivity (Wildman–Crippen MR) is 91.3 cm³/mol. The third-order valence-corrected chi connectivity index (χ3v) is 4.70. The molecule has 4 heteroatoms. The molecule has 1 heterocycles. The van der Waals surface area contributed by atoms with Gasteiger partial charge in [0.1, 0.15) is 11.9 Å². The lowest BCUT2D eigenvalue weighted by molar-refractivity contribution is -0.111. The maximum absolute atomic E-state index is 12.5. The highest BCUT2D eigenvalue weighted by molar-refractivity contribution is 5.70. The molecule has 2 fully saturated rings. The van der Waals surface area contributed by atoms with Crippen molar-refractivity contribution in [2.75, 3.05) is 6.54 Å². The molecule has 0 bridgehead atoms. The molecule has 2 rings (SSSR count). The summed E-state index contributed by atoms with van der Waals surface area (Å²) in [5.74, 6) is -0.198. The Labute approximate surface area is 140 Å². The number of hydrogen-bond acceptors (Lipinski definition) is 3. The molecular formula is C19H31NO3. The van der Waals surface area contributed by atoms with Crippen LogP contribution in [0.1, 0.15) is 72.1 Å². The number of nitrogens with zero attached hydrogens (tertiary/aromatic N) is 1. The Hall–Kier alpha value is -1.32. The van der Waals surface area contributed by atoms with Gasteiger partial charge in [0.25, 0.3) is 0 Å². The summed E-state index contributed by atoms with van der Waals surface area (Å²) < 4.78 is 5.54. The molecule has 0 spiro atoms. The van der Waals surface area contributed by atoms with Crippen LogP contribution in [0.5, 0.6) is 0 Å². The Morgan fingerprint density at radius 1 is 1.17 bits per heavy atom. The summed E-state index contributed by atoms with van der Waals surface area (Å²) in [6.07, 6.45) is 11.7. The van der Waals surface area contributed by atoms with Crippen LogP contribution in [0.2, 0.25) is 0 Å². The average molecular weight is 321 g/mol. The average Bonchev–Trinajstić information content (AvgIpc) is 2.52. The molecule has 0 aromatic heterocycles. The third-order valence-electron chi connectivity index (χ3n) is 4.70. The number of aldehydes is 1. The second kappa shape index (κ2) is 7.98. The van der Waals surface area contributed by atoms with Crippen LogP contribution in [0.15, 0.2) is 11.6 Å². The van der Waals surface area contributed by atoms with Crippen molar-refractivity contribution in [1.29, 1.82) is 0 Å². The third kappa shape index (κ3) is 5.36. The minimum Gasteiger partial charge on any atom is -0.444 e. The lowest BCUT2D eigenvalue weighted by Gasteiger charge is -2.38. The lowest BCUT2D eigenvalue weighted by Crippen LogP contribution is -2.49. The van der Waals surface area contributed by atoms with Crippen molar-refractivity contribution in [1.82, 2.24) is 4.90 Å². The molecule has 0 N–H and O–H groups in total. The van der Waals surface area contributed by atoms with E-state index in [0.29, 0.717) is 6.54 Å². The standard InChI is InChI=1S/C19H31NO3/c1-19(2,3)23-18(22)20-12-8-7-11-17(20)16(14-21)13-15-9-5-4-6-10-15/h13-14,16-17H,4-12H2,1-3H3/t16-,17-/m0/s1. The van der Waals surface area contributed by atoms with Crippen LogP contribution in [-0.4, -0.2) is 35.5 Å². The molecule has 0 unspecified atom stereocenters. The largest absolute Gasteiger partial charge is 0.444 e. The van der Waals surface area contributed by atoms with Gasteiger partial charge in [0.05, 0.1) is 5.92 Å². The summed E-state index contributed by atoms with van der Waals surface area (Å²) in [6.45, 7) is 6.33. The van der Waals surface area contributed by atoms with E-state index in [-0.39, 0.29) is 18.1 Å². The van der Waals surface area contributed by atoms with Crippen LogP contribution < -0.4 is 0 Å². The van der Waals surface area contributed by atoms with Crippen LogP contribution in [0.25, 0.3) is 0 Å². The van der Waals surface area contributed by atoms with Gasteiger partial charge in [-0.05, 0) is 65.7 Å². The summed E-state index contributed by atoms with van der Waals surface area (Å²) in [7, 11) is 0. The fraction of sp³-hybridized carbons (Fsp3) is 0.789. The number of rotatable bonds is 3. The van der Waals surface area contributed by atoms with Crippen molar-refractivity contribution in [3.05, 3.63) is 11.6 Å². The minimum absolute atomic E-state index is 0.0504. The molecule has 130 valence electrons. The zero-order chi connectivity index (χ0) is 16.9. The summed E-state index contributed by atoms with van der Waals surface area (Å²) in [5, 5.41) is 0. The molecule has 1 saturated carbocycles. The van der Waals surface area contributed by atoms with Crippen molar-refractivity contribution in [2.45, 2.75) is 83.8 Å². The highest BCUT2D eigenvalue weighted by Crippen LogP contribution is 2.29. The normalized spacial score (nSPS) is 24.0. The second-order valence-electron chi connectivity index (χ2n) is 7.84. The highest BCUT2D eigenvalue weighted by Gasteiger charge is 2.34. The van der Waals surface area contributed by atoms with Crippen LogP contribution in [0.4, 0.5) is 4.79 Å². The molecule has 4 nitrogen and oxygen atoms in total. The van der Waals surface area contributed by atoms with Gasteiger partial charge in [-0.2, -0.15) is 0 Å². The van der Waals surface area contributed by atoms with E-state index in [1.54, 1.807) is 4.90 Å². The number of ether oxygens (including phenoxy) is 1. The lowest BCUT2D eigenvalue weighted by atomic mass is 9.86. The van der Waals surface area contributed by atoms with E-state index in [1.807, 2.05) is 20.8 Å². The first-order chi connectivity index (χ1) is 10.9. The number of likely N-dealkylation sites (tertiary alicyclic amines) is 1. The molecule has 0 aromatic carbocycles. The topological polar surface area (TPSA) is 46.6 Å². The smallest absolute Gasteiger partial charge is 0.410 e. The molecule has 2 atom stereocenters. The van der Waals surface area contributed by atoms with Gasteiger partial charge in [-0.3, -0.25) is 0 Å². The minimum atomic E-state index is -0.502. The van der Waals surface area contributed by atoms with E-state index < -0.39 is 5.60 Å². The Bertz CT molecular complexity index is 442. The Morgan fingerprint density at radius 2 is 1.87 bits per heavy atom. The van der Waals surface area contributed by atoms with E-state index in [0.717, 1.165) is 38.4 Å². The van der Waals surface area contributed by atoms with Gasteiger partial charge in [0.2, 0.25) is 0 Å². The number of carbonyl (C=O) groups is 2. The molecule has 0 aromatic rings. The van der Waals surface area contributed by atoms with Gasteiger partial charge in [-0.15, -0.1) is 0 Å². The van der Waals surface area contributed by atoms with Gasteiger partial charge in [-0.1, -0.05) is 18.1 Å². The molecule has 2 aliphatic rings. The van der Waals surface area contributed by atoms with E-state index in [4.69, 9.17) is 4.74 Å². The summed E-state index contributed by atoms with van der Waals surface area (Å²) >= 11 is 0. The first kappa shape index (κ1) is 18.0. The zero-order valence-corrected chi connectivity index (χ0v) is 14.8. The first-order valence-corrected chi connectivity index (χ1v) is 9.05. The Morgan fingerprint density at radius 3 is 2.48 bits per heavy atom. The van der Waals surface area contributed by atoms with Crippen molar-refractivity contribution in [3.8, 4) is 0 Å². The van der Waals surface area contributed by atoms with Gasteiger partial charge >= 0.3 is 6.09 Å². The number of amides is 1. The van der Waals surface area contributed by atoms with E-state index >= 15 is 0 Å². The predicted octanol–water partition coefficient (Wildman–Crippen LogP) is 4.48. The summed E-state index contributed by atoms with van der Waals surface area (Å²) in [5.41, 5.74) is 0.889. The van der Waals surface area contributed by atoms with Crippen molar-refractivity contribution in [2.24, 2.45) is 5.92 Å². The molecule has 1 saturated heterocycles. The maximum Gasteiger partial charge on any atom is 0.410 e. The van der Waals surface area contributed by atoms with E-state index in [2.05, 4.69) is 6.08 Å². The molecular weight excluding hydrogens is 290 g/mol. The fourth-order valence-electron chi connectivity index (χ4n) is 3.59. The number of carbonyl (C=O) groups excluding carboxylic acids is 2. The molecule has 0 radical (unpaired) electrons. The molecule has 1 amide bonds. The van der Waals surface area contributed by atoms with Crippen molar-refractivity contribution < 1.29 is 14.3 Å². The zero-order valence-electron chi connectivity index (χ0n) is 14.8. The molecule has 23 heavy (non-hydrogen) atoms. The van der Waals surface area contributed by atoms with Crippen LogP contribution in [0.3, 0.4) is 0 Å². The van der Waals surface area contributed by atoms with Gasteiger partial charge < -0.3 is 14.4 Å². The van der Waals surface area contributed by atoms with Crippen molar-refractivity contribution in [3.63, 3.8) is 0 Å². The van der Waals surface area contributed by atoms with Crippen LogP contribution >= 0.6 is 0 Å². The number of allylic oxidation sites excluding steroid dienone is 1. The van der Waals surface area contributed by atoms with Gasteiger partial charge in [-0.25, -0.2) is 4.79 Å². The fourth-order valence-corrected chi connectivity index (χ4v) is 3.59. The summed E-state index contributed by atoms with van der Waals surface area (Å²) in [4.78, 5) is 26.0. The summed E-state index contributed by atoms with van der Waals surface area (Å²) in [6, 6.07) is -0.0504. The Kier molecular flexibility index (Phi) is 6.25. The van der Waals surface area contributed by atoms with E-state index in [9.17, 15) is 9.59 Å². The molecule has 1 aliphatic heterocycles. The first-order valence-electron chi connectivity index (χ1n) is 9.05. The van der Waals surface area contributed by atoms with Crippen molar-refractivity contribution >= 4 is 12.4 Å². The monoisotopic (exact) mass is 321 g/mol. The number of piperidine rings is 1.